The zero-order valence-electron chi connectivity index (χ0n) is 5.59. The van der Waals surface area contributed by atoms with Crippen LogP contribution in [0.2, 0.25) is 0 Å². The van der Waals surface area contributed by atoms with E-state index >= 15 is 0 Å². The van der Waals surface area contributed by atoms with Crippen molar-refractivity contribution in [3.8, 4) is 0 Å². The van der Waals surface area contributed by atoms with Gasteiger partial charge in [-0.3, -0.25) is 9.69 Å². The molecule has 4 heteroatoms. The minimum absolute atomic E-state index is 0.208. The van der Waals surface area contributed by atoms with E-state index in [1.807, 2.05) is 4.90 Å². The van der Waals surface area contributed by atoms with Crippen molar-refractivity contribution in [1.29, 1.82) is 0 Å². The molecule has 1 atom stereocenters. The van der Waals surface area contributed by atoms with Crippen molar-refractivity contribution in [2.45, 2.75) is 10.3 Å². The highest BCUT2D eigenvalue weighted by Crippen LogP contribution is 2.15. The molecule has 1 saturated heterocycles. The lowest BCUT2D eigenvalue weighted by molar-refractivity contribution is -0.138. The number of carboxylic acid groups (broad SMARTS) is 1. The quantitative estimate of drug-likeness (QED) is 0.579. The average Bonchev–Trinajstić information content (AvgIpc) is 2.13. The molecule has 0 aromatic rings. The Labute approximate surface area is 73.5 Å². The number of likely N-dealkylation sites (tertiary alicyclic amines) is 1. The maximum absolute atomic E-state index is 10.2. The van der Waals surface area contributed by atoms with Gasteiger partial charge < -0.3 is 5.11 Å². The Morgan fingerprint density at radius 1 is 1.80 bits per heavy atom. The first-order chi connectivity index (χ1) is 4.68. The number of hydrogen-bond acceptors (Lipinski definition) is 2. The number of halogens is 1. The van der Waals surface area contributed by atoms with Crippen molar-refractivity contribution in [3.63, 3.8) is 0 Å². The molecule has 58 valence electrons. The molecule has 1 aliphatic heterocycles. The Hall–Kier alpha value is 0.160. The van der Waals surface area contributed by atoms with Crippen LogP contribution in [0.5, 0.6) is 0 Å². The predicted octanol–water partition coefficient (Wildman–Crippen LogP) is 0.580. The second-order valence-electron chi connectivity index (χ2n) is 2.51. The minimum atomic E-state index is -0.717. The van der Waals surface area contributed by atoms with Gasteiger partial charge in [-0.15, -0.1) is 0 Å². The molecule has 0 radical (unpaired) electrons. The van der Waals surface area contributed by atoms with E-state index in [4.69, 9.17) is 5.11 Å². The van der Waals surface area contributed by atoms with Crippen LogP contribution in [-0.4, -0.2) is 39.5 Å². The molecule has 10 heavy (non-hydrogen) atoms. The summed E-state index contributed by atoms with van der Waals surface area (Å²) in [6.45, 7) is 2.09. The fraction of sp³-hybridized carbons (Fsp3) is 0.833. The molecule has 0 amide bonds. The van der Waals surface area contributed by atoms with Gasteiger partial charge in [-0.1, -0.05) is 22.6 Å². The Bertz CT molecular complexity index is 140. The summed E-state index contributed by atoms with van der Waals surface area (Å²) in [5.41, 5.74) is 0. The van der Waals surface area contributed by atoms with Crippen LogP contribution < -0.4 is 0 Å². The summed E-state index contributed by atoms with van der Waals surface area (Å²) in [5, 5.41) is 8.42. The van der Waals surface area contributed by atoms with E-state index in [1.165, 1.54) is 0 Å². The molecule has 1 rings (SSSR count). The van der Waals surface area contributed by atoms with Gasteiger partial charge in [0.25, 0.3) is 0 Å². The third kappa shape index (κ3) is 2.42. The molecule has 3 nitrogen and oxygen atoms in total. The molecule has 1 N–H and O–H groups in total. The number of alkyl halides is 1. The minimum Gasteiger partial charge on any atom is -0.480 e. The fourth-order valence-corrected chi connectivity index (χ4v) is 1.96. The van der Waals surface area contributed by atoms with Crippen LogP contribution in [0.25, 0.3) is 0 Å². The first-order valence-electron chi connectivity index (χ1n) is 3.26. The predicted molar refractivity (Wildman–Crippen MR) is 46.5 cm³/mol. The van der Waals surface area contributed by atoms with E-state index in [0.29, 0.717) is 3.92 Å². The highest BCUT2D eigenvalue weighted by atomic mass is 127. The number of carbonyl (C=O) groups is 1. The van der Waals surface area contributed by atoms with Gasteiger partial charge in [0.2, 0.25) is 0 Å². The van der Waals surface area contributed by atoms with Crippen molar-refractivity contribution in [2.75, 3.05) is 19.6 Å². The molecular formula is C6H10INO2. The van der Waals surface area contributed by atoms with Crippen molar-refractivity contribution < 1.29 is 9.90 Å². The lowest BCUT2D eigenvalue weighted by Gasteiger charge is -2.10. The monoisotopic (exact) mass is 255 g/mol. The van der Waals surface area contributed by atoms with E-state index in [1.54, 1.807) is 0 Å². The second kappa shape index (κ2) is 3.52. The van der Waals surface area contributed by atoms with Gasteiger partial charge in [-0.25, -0.2) is 0 Å². The summed E-state index contributed by atoms with van der Waals surface area (Å²) in [7, 11) is 0. The first-order valence-corrected chi connectivity index (χ1v) is 4.51. The van der Waals surface area contributed by atoms with Crippen molar-refractivity contribution in [3.05, 3.63) is 0 Å². The highest BCUT2D eigenvalue weighted by molar-refractivity contribution is 14.1. The van der Waals surface area contributed by atoms with Gasteiger partial charge in [-0.2, -0.15) is 0 Å². The lowest BCUT2D eigenvalue weighted by Crippen LogP contribution is -2.27. The molecule has 0 bridgehead atoms. The van der Waals surface area contributed by atoms with Crippen LogP contribution in [0.1, 0.15) is 6.42 Å². The summed E-state index contributed by atoms with van der Waals surface area (Å²) in [6, 6.07) is 0. The summed E-state index contributed by atoms with van der Waals surface area (Å²) >= 11 is 2.36. The summed E-state index contributed by atoms with van der Waals surface area (Å²) < 4.78 is 0.650. The van der Waals surface area contributed by atoms with Gasteiger partial charge in [-0.05, 0) is 13.0 Å². The molecule has 1 fully saturated rings. The topological polar surface area (TPSA) is 40.5 Å². The largest absolute Gasteiger partial charge is 0.480 e. The maximum atomic E-state index is 10.2. The smallest absolute Gasteiger partial charge is 0.317 e. The molecule has 1 heterocycles. The Morgan fingerprint density at radius 3 is 2.90 bits per heavy atom. The third-order valence-corrected chi connectivity index (χ3v) is 2.59. The zero-order chi connectivity index (χ0) is 7.56. The Morgan fingerprint density at radius 2 is 2.50 bits per heavy atom. The van der Waals surface area contributed by atoms with Crippen molar-refractivity contribution >= 4 is 28.6 Å². The van der Waals surface area contributed by atoms with Gasteiger partial charge in [0.15, 0.2) is 0 Å². The zero-order valence-corrected chi connectivity index (χ0v) is 7.74. The van der Waals surface area contributed by atoms with E-state index in [-0.39, 0.29) is 6.54 Å². The molecule has 0 aliphatic carbocycles. The molecule has 0 spiro atoms. The van der Waals surface area contributed by atoms with Crippen molar-refractivity contribution in [2.24, 2.45) is 0 Å². The summed E-state index contributed by atoms with van der Waals surface area (Å²) in [5.74, 6) is -0.717. The van der Waals surface area contributed by atoms with Crippen LogP contribution in [0, 0.1) is 0 Å². The Balaban J connectivity index is 2.24. The van der Waals surface area contributed by atoms with E-state index in [9.17, 15) is 4.79 Å². The van der Waals surface area contributed by atoms with Crippen molar-refractivity contribution in [1.82, 2.24) is 4.90 Å². The van der Waals surface area contributed by atoms with Crippen LogP contribution in [0.4, 0.5) is 0 Å². The SMILES string of the molecule is O=C(O)CN1CC[C@@H](I)C1. The summed E-state index contributed by atoms with van der Waals surface area (Å²) in [4.78, 5) is 12.2. The number of aliphatic carboxylic acids is 1. The average molecular weight is 255 g/mol. The number of hydrogen-bond donors (Lipinski definition) is 1. The number of carboxylic acids is 1. The van der Waals surface area contributed by atoms with E-state index in [2.05, 4.69) is 22.6 Å². The van der Waals surface area contributed by atoms with Crippen LogP contribution >= 0.6 is 22.6 Å². The van der Waals surface area contributed by atoms with E-state index < -0.39 is 5.97 Å². The number of rotatable bonds is 2. The molecule has 0 saturated carbocycles. The normalized spacial score (nSPS) is 27.1. The van der Waals surface area contributed by atoms with Gasteiger partial charge in [0.05, 0.1) is 6.54 Å². The standard InChI is InChI=1S/C6H10INO2/c7-5-1-2-8(3-5)4-6(9)10/h5H,1-4H2,(H,9,10)/t5-/m1/s1. The highest BCUT2D eigenvalue weighted by Gasteiger charge is 2.20. The molecular weight excluding hydrogens is 245 g/mol. The lowest BCUT2D eigenvalue weighted by atomic mass is 10.4. The third-order valence-electron chi connectivity index (χ3n) is 1.57. The van der Waals surface area contributed by atoms with Crippen LogP contribution in [0.15, 0.2) is 0 Å². The van der Waals surface area contributed by atoms with E-state index in [0.717, 1.165) is 19.5 Å². The van der Waals surface area contributed by atoms with Crippen LogP contribution in [-0.2, 0) is 4.79 Å². The summed E-state index contributed by atoms with van der Waals surface area (Å²) in [6.07, 6.45) is 1.13. The first kappa shape index (κ1) is 8.26. The molecule has 0 aromatic carbocycles. The maximum Gasteiger partial charge on any atom is 0.317 e. The molecule has 1 aliphatic rings. The van der Waals surface area contributed by atoms with Crippen LogP contribution in [0.3, 0.4) is 0 Å². The van der Waals surface area contributed by atoms with Gasteiger partial charge >= 0.3 is 5.97 Å². The Kier molecular flexibility index (Phi) is 2.91. The number of nitrogens with zero attached hydrogens (tertiary/aromatic N) is 1. The molecule has 0 unspecified atom stereocenters. The second-order valence-corrected chi connectivity index (χ2v) is 4.28. The van der Waals surface area contributed by atoms with Gasteiger partial charge in [0.1, 0.15) is 0 Å². The molecule has 0 aromatic heterocycles. The fourth-order valence-electron chi connectivity index (χ4n) is 1.12. The van der Waals surface area contributed by atoms with Gasteiger partial charge in [0, 0.05) is 10.5 Å².